The molecular weight excluding hydrogens is 402 g/mol. The van der Waals surface area contributed by atoms with Crippen molar-refractivity contribution in [2.75, 3.05) is 13.7 Å². The molecule has 2 N–H and O–H groups in total. The van der Waals surface area contributed by atoms with Gasteiger partial charge in [0.05, 0.1) is 31.0 Å². The van der Waals surface area contributed by atoms with Crippen molar-refractivity contribution in [2.24, 2.45) is 0 Å². The highest BCUT2D eigenvalue weighted by Gasteiger charge is 2.29. The Labute approximate surface area is 178 Å². The van der Waals surface area contributed by atoms with Crippen LogP contribution < -0.4 is 10.1 Å². The highest BCUT2D eigenvalue weighted by molar-refractivity contribution is 7.09. The number of fused-ring (bicyclic) bond motifs is 1. The molecule has 1 aromatic carbocycles. The largest absolute Gasteiger partial charge is 0.496 e. The summed E-state index contributed by atoms with van der Waals surface area (Å²) in [5, 5.41) is 13.0. The second-order valence-corrected chi connectivity index (χ2v) is 8.12. The lowest BCUT2D eigenvalue weighted by Crippen LogP contribution is -2.37. The van der Waals surface area contributed by atoms with Crippen LogP contribution in [0.5, 0.6) is 5.75 Å². The summed E-state index contributed by atoms with van der Waals surface area (Å²) < 4.78 is 5.31. The summed E-state index contributed by atoms with van der Waals surface area (Å²) >= 11 is 1.52. The molecule has 0 bridgehead atoms. The van der Waals surface area contributed by atoms with Crippen molar-refractivity contribution in [1.82, 2.24) is 25.4 Å². The van der Waals surface area contributed by atoms with E-state index in [1.54, 1.807) is 24.1 Å². The first-order valence-corrected chi connectivity index (χ1v) is 10.6. The predicted octanol–water partition coefficient (Wildman–Crippen LogP) is 2.87. The van der Waals surface area contributed by atoms with Crippen LogP contribution in [0.4, 0.5) is 0 Å². The van der Waals surface area contributed by atoms with E-state index in [1.165, 1.54) is 11.3 Å². The van der Waals surface area contributed by atoms with E-state index in [9.17, 15) is 9.59 Å². The maximum atomic E-state index is 13.0. The Morgan fingerprint density at radius 1 is 1.33 bits per heavy atom. The third kappa shape index (κ3) is 3.80. The number of benzene rings is 1. The Bertz CT molecular complexity index is 1090. The van der Waals surface area contributed by atoms with Crippen LogP contribution in [-0.4, -0.2) is 45.6 Å². The van der Waals surface area contributed by atoms with Gasteiger partial charge in [-0.05, 0) is 32.4 Å². The first kappa shape index (κ1) is 20.1. The molecular formula is C21H23N5O3S. The Morgan fingerprint density at radius 3 is 2.87 bits per heavy atom. The number of carbonyl (C=O) groups is 2. The third-order valence-corrected chi connectivity index (χ3v) is 6.27. The zero-order valence-corrected chi connectivity index (χ0v) is 17.9. The Kier molecular flexibility index (Phi) is 5.54. The van der Waals surface area contributed by atoms with Crippen LogP contribution in [0.1, 0.15) is 55.8 Å². The summed E-state index contributed by atoms with van der Waals surface area (Å²) in [6.07, 6.45) is 0.556. The molecule has 0 spiro atoms. The van der Waals surface area contributed by atoms with Gasteiger partial charge in [-0.2, -0.15) is 5.10 Å². The van der Waals surface area contributed by atoms with Gasteiger partial charge in [0, 0.05) is 23.2 Å². The summed E-state index contributed by atoms with van der Waals surface area (Å²) in [5.74, 6) is 0.202. The van der Waals surface area contributed by atoms with Crippen molar-refractivity contribution >= 4 is 23.2 Å². The number of carbonyl (C=O) groups excluding carboxylic acids is 2. The molecule has 3 aromatic rings. The number of aromatic nitrogens is 3. The van der Waals surface area contributed by atoms with Crippen LogP contribution >= 0.6 is 11.3 Å². The van der Waals surface area contributed by atoms with Gasteiger partial charge < -0.3 is 15.0 Å². The van der Waals surface area contributed by atoms with Crippen LogP contribution in [-0.2, 0) is 13.0 Å². The Morgan fingerprint density at radius 2 is 2.13 bits per heavy atom. The number of thiazole rings is 1. The molecule has 3 heterocycles. The van der Waals surface area contributed by atoms with Gasteiger partial charge in [0.15, 0.2) is 5.69 Å². The van der Waals surface area contributed by atoms with Crippen molar-refractivity contribution in [3.63, 3.8) is 0 Å². The van der Waals surface area contributed by atoms with E-state index in [-0.39, 0.29) is 17.9 Å². The van der Waals surface area contributed by atoms with Crippen LogP contribution in [0, 0.1) is 6.92 Å². The van der Waals surface area contributed by atoms with Crippen LogP contribution in [0.2, 0.25) is 0 Å². The summed E-state index contributed by atoms with van der Waals surface area (Å²) in [6.45, 7) is 4.71. The standard InChI is InChI=1S/C21H23N5O3S/c1-12-11-30-20(22-12)13(2)23-19(27)18-14-8-9-26(10-16(14)24-25-18)21(28)15-6-4-5-7-17(15)29-3/h4-7,11,13H,8-10H2,1-3H3,(H,23,27)(H,24,25). The molecule has 9 heteroatoms. The zero-order chi connectivity index (χ0) is 21.3. The molecule has 156 valence electrons. The van der Waals surface area contributed by atoms with Crippen molar-refractivity contribution in [3.05, 3.63) is 62.9 Å². The number of rotatable bonds is 5. The number of para-hydroxylation sites is 1. The number of aryl methyl sites for hydroxylation is 1. The van der Waals surface area contributed by atoms with Gasteiger partial charge in [-0.3, -0.25) is 14.7 Å². The lowest BCUT2D eigenvalue weighted by molar-refractivity contribution is 0.0729. The second kappa shape index (κ2) is 8.27. The van der Waals surface area contributed by atoms with E-state index in [0.717, 1.165) is 22.0 Å². The number of hydrogen-bond donors (Lipinski definition) is 2. The number of amides is 2. The molecule has 0 aliphatic carbocycles. The SMILES string of the molecule is COc1ccccc1C(=O)N1CCc2c(C(=O)NC(C)c3nc(C)cs3)n[nH]c2C1. The van der Waals surface area contributed by atoms with E-state index < -0.39 is 0 Å². The fourth-order valence-corrected chi connectivity index (χ4v) is 4.37. The summed E-state index contributed by atoms with van der Waals surface area (Å²) in [5.41, 5.74) is 3.49. The van der Waals surface area contributed by atoms with E-state index in [0.29, 0.717) is 36.5 Å². The van der Waals surface area contributed by atoms with Crippen LogP contribution in [0.25, 0.3) is 0 Å². The van der Waals surface area contributed by atoms with Gasteiger partial charge in [-0.15, -0.1) is 11.3 Å². The quantitative estimate of drug-likeness (QED) is 0.655. The fraction of sp³-hybridized carbons (Fsp3) is 0.333. The van der Waals surface area contributed by atoms with E-state index in [4.69, 9.17) is 4.74 Å². The van der Waals surface area contributed by atoms with Crippen molar-refractivity contribution < 1.29 is 14.3 Å². The monoisotopic (exact) mass is 425 g/mol. The van der Waals surface area contributed by atoms with Gasteiger partial charge in [0.25, 0.3) is 11.8 Å². The molecule has 2 aromatic heterocycles. The number of nitrogens with one attached hydrogen (secondary N) is 2. The first-order chi connectivity index (χ1) is 14.5. The minimum atomic E-state index is -0.239. The van der Waals surface area contributed by atoms with Gasteiger partial charge in [-0.1, -0.05) is 12.1 Å². The highest BCUT2D eigenvalue weighted by Crippen LogP contribution is 2.25. The maximum Gasteiger partial charge on any atom is 0.272 e. The normalized spacial score (nSPS) is 14.2. The lowest BCUT2D eigenvalue weighted by atomic mass is 10.0. The van der Waals surface area contributed by atoms with Gasteiger partial charge in [-0.25, -0.2) is 4.98 Å². The highest BCUT2D eigenvalue weighted by atomic mass is 32.1. The van der Waals surface area contributed by atoms with Crippen molar-refractivity contribution in [1.29, 1.82) is 0 Å². The first-order valence-electron chi connectivity index (χ1n) is 9.69. The number of aromatic amines is 1. The van der Waals surface area contributed by atoms with Crippen LogP contribution in [0.3, 0.4) is 0 Å². The molecule has 8 nitrogen and oxygen atoms in total. The topological polar surface area (TPSA) is 100 Å². The average Bonchev–Trinajstić information content (AvgIpc) is 3.39. The number of hydrogen-bond acceptors (Lipinski definition) is 6. The second-order valence-electron chi connectivity index (χ2n) is 7.23. The summed E-state index contributed by atoms with van der Waals surface area (Å²) in [4.78, 5) is 31.9. The Hall–Kier alpha value is -3.20. The molecule has 1 atom stereocenters. The number of H-pyrrole nitrogens is 1. The zero-order valence-electron chi connectivity index (χ0n) is 17.1. The van der Waals surface area contributed by atoms with Gasteiger partial charge in [0.1, 0.15) is 10.8 Å². The third-order valence-electron chi connectivity index (χ3n) is 5.13. The number of nitrogens with zero attached hydrogens (tertiary/aromatic N) is 3. The molecule has 30 heavy (non-hydrogen) atoms. The fourth-order valence-electron chi connectivity index (χ4n) is 3.57. The predicted molar refractivity (Wildman–Crippen MR) is 113 cm³/mol. The van der Waals surface area contributed by atoms with Gasteiger partial charge >= 0.3 is 0 Å². The minimum absolute atomic E-state index is 0.105. The molecule has 1 aliphatic heterocycles. The lowest BCUT2D eigenvalue weighted by Gasteiger charge is -2.27. The summed E-state index contributed by atoms with van der Waals surface area (Å²) in [7, 11) is 1.55. The smallest absolute Gasteiger partial charge is 0.272 e. The van der Waals surface area contributed by atoms with Crippen molar-refractivity contribution in [2.45, 2.75) is 32.9 Å². The van der Waals surface area contributed by atoms with E-state index in [2.05, 4.69) is 20.5 Å². The molecule has 1 aliphatic rings. The van der Waals surface area contributed by atoms with Crippen molar-refractivity contribution in [3.8, 4) is 5.75 Å². The number of methoxy groups -OCH3 is 1. The number of ether oxygens (including phenoxy) is 1. The molecule has 2 amide bonds. The molecule has 1 unspecified atom stereocenters. The Balaban J connectivity index is 1.47. The van der Waals surface area contributed by atoms with E-state index in [1.807, 2.05) is 31.4 Å². The summed E-state index contributed by atoms with van der Waals surface area (Å²) in [6, 6.07) is 6.97. The molecule has 0 fully saturated rings. The van der Waals surface area contributed by atoms with E-state index >= 15 is 0 Å². The average molecular weight is 426 g/mol. The molecule has 0 radical (unpaired) electrons. The maximum absolute atomic E-state index is 13.0. The molecule has 0 saturated carbocycles. The molecule has 4 rings (SSSR count). The van der Waals surface area contributed by atoms with Gasteiger partial charge in [0.2, 0.25) is 0 Å². The minimum Gasteiger partial charge on any atom is -0.496 e. The van der Waals surface area contributed by atoms with Crippen LogP contribution in [0.15, 0.2) is 29.6 Å². The molecule has 0 saturated heterocycles.